The molecular formula is C16H20O4S. The molecule has 2 unspecified atom stereocenters. The Kier molecular flexibility index (Phi) is 3.56. The van der Waals surface area contributed by atoms with Crippen LogP contribution in [-0.4, -0.2) is 31.8 Å². The van der Waals surface area contributed by atoms with Crippen molar-refractivity contribution >= 4 is 15.6 Å². The molecule has 0 amide bonds. The number of benzene rings is 1. The summed E-state index contributed by atoms with van der Waals surface area (Å²) in [6.07, 6.45) is 2.35. The Hall–Kier alpha value is -1.36. The number of sulfone groups is 1. The van der Waals surface area contributed by atoms with Crippen LogP contribution in [0.4, 0.5) is 0 Å². The van der Waals surface area contributed by atoms with Crippen LogP contribution in [0.2, 0.25) is 0 Å². The van der Waals surface area contributed by atoms with Gasteiger partial charge in [-0.3, -0.25) is 4.79 Å². The molecular weight excluding hydrogens is 288 g/mol. The number of Topliss-reactive ketones (excluding diaryl/α,β-unsaturated/α-hetero) is 1. The van der Waals surface area contributed by atoms with Gasteiger partial charge in [0.25, 0.3) is 0 Å². The van der Waals surface area contributed by atoms with Gasteiger partial charge in [-0.15, -0.1) is 0 Å². The van der Waals surface area contributed by atoms with E-state index in [0.717, 1.165) is 5.56 Å². The first-order valence-electron chi connectivity index (χ1n) is 7.35. The lowest BCUT2D eigenvalue weighted by atomic mass is 9.89. The van der Waals surface area contributed by atoms with Crippen LogP contribution in [0.5, 0.6) is 5.75 Å². The molecule has 2 aliphatic heterocycles. The van der Waals surface area contributed by atoms with Crippen molar-refractivity contribution < 1.29 is 17.9 Å². The molecule has 2 bridgehead atoms. The highest BCUT2D eigenvalue weighted by atomic mass is 32.2. The van der Waals surface area contributed by atoms with Gasteiger partial charge in [0.2, 0.25) is 0 Å². The maximum Gasteiger partial charge on any atom is 0.169 e. The second-order valence-corrected chi connectivity index (χ2v) is 8.66. The topological polar surface area (TPSA) is 60.4 Å². The first-order valence-corrected chi connectivity index (χ1v) is 8.96. The molecule has 0 aromatic heterocycles. The Morgan fingerprint density at radius 2 is 1.81 bits per heavy atom. The van der Waals surface area contributed by atoms with Crippen LogP contribution >= 0.6 is 0 Å². The van der Waals surface area contributed by atoms with E-state index in [2.05, 4.69) is 0 Å². The van der Waals surface area contributed by atoms with Crippen molar-refractivity contribution in [1.82, 2.24) is 0 Å². The summed E-state index contributed by atoms with van der Waals surface area (Å²) in [4.78, 5) is 12.7. The SMILES string of the molecule is COc1cc(C)ccc1C(=O)C1CC2CCC(C1)S2(=O)=O. The van der Waals surface area contributed by atoms with Crippen molar-refractivity contribution in [3.63, 3.8) is 0 Å². The van der Waals surface area contributed by atoms with Crippen LogP contribution in [0.1, 0.15) is 41.6 Å². The molecule has 3 rings (SSSR count). The predicted molar refractivity (Wildman–Crippen MR) is 80.5 cm³/mol. The second kappa shape index (κ2) is 5.13. The van der Waals surface area contributed by atoms with Crippen molar-refractivity contribution in [3.05, 3.63) is 29.3 Å². The molecule has 2 fully saturated rings. The third-order valence-corrected chi connectivity index (χ3v) is 7.54. The van der Waals surface area contributed by atoms with Crippen LogP contribution in [0, 0.1) is 12.8 Å². The van der Waals surface area contributed by atoms with Crippen LogP contribution < -0.4 is 4.74 Å². The van der Waals surface area contributed by atoms with Gasteiger partial charge in [0.15, 0.2) is 15.6 Å². The highest BCUT2D eigenvalue weighted by Crippen LogP contribution is 2.42. The van der Waals surface area contributed by atoms with Crippen LogP contribution in [0.25, 0.3) is 0 Å². The summed E-state index contributed by atoms with van der Waals surface area (Å²) in [5.41, 5.74) is 1.61. The molecule has 114 valence electrons. The van der Waals surface area contributed by atoms with Crippen molar-refractivity contribution in [2.45, 2.75) is 43.1 Å². The third-order valence-electron chi connectivity index (χ3n) is 4.83. The first-order chi connectivity index (χ1) is 9.93. The molecule has 0 N–H and O–H groups in total. The number of methoxy groups -OCH3 is 1. The maximum absolute atomic E-state index is 12.7. The van der Waals surface area contributed by atoms with Gasteiger partial charge in [-0.25, -0.2) is 8.42 Å². The van der Waals surface area contributed by atoms with Crippen LogP contribution in [0.15, 0.2) is 18.2 Å². The molecule has 1 aromatic carbocycles. The largest absolute Gasteiger partial charge is 0.496 e. The third kappa shape index (κ3) is 2.37. The summed E-state index contributed by atoms with van der Waals surface area (Å²) in [6, 6.07) is 5.53. The van der Waals surface area contributed by atoms with E-state index in [0.29, 0.717) is 37.0 Å². The fourth-order valence-corrected chi connectivity index (χ4v) is 6.12. The lowest BCUT2D eigenvalue weighted by Gasteiger charge is -2.27. The molecule has 0 saturated carbocycles. The number of carbonyl (C=O) groups excluding carboxylic acids is 1. The van der Waals surface area contributed by atoms with Gasteiger partial charge in [-0.1, -0.05) is 6.07 Å². The van der Waals surface area contributed by atoms with E-state index < -0.39 is 9.84 Å². The summed E-state index contributed by atoms with van der Waals surface area (Å²) >= 11 is 0. The number of hydrogen-bond acceptors (Lipinski definition) is 4. The minimum Gasteiger partial charge on any atom is -0.496 e. The summed E-state index contributed by atoms with van der Waals surface area (Å²) in [5, 5.41) is -0.636. The molecule has 2 atom stereocenters. The van der Waals surface area contributed by atoms with Crippen LogP contribution in [-0.2, 0) is 9.84 Å². The molecule has 0 radical (unpaired) electrons. The van der Waals surface area contributed by atoms with Gasteiger partial charge in [0, 0.05) is 5.92 Å². The first kappa shape index (κ1) is 14.6. The average molecular weight is 308 g/mol. The van der Waals surface area contributed by atoms with E-state index in [1.54, 1.807) is 13.2 Å². The van der Waals surface area contributed by atoms with Crippen molar-refractivity contribution in [2.75, 3.05) is 7.11 Å². The van der Waals surface area contributed by atoms with E-state index in [-0.39, 0.29) is 22.2 Å². The van der Waals surface area contributed by atoms with E-state index >= 15 is 0 Å². The molecule has 2 heterocycles. The highest BCUT2D eigenvalue weighted by molar-refractivity contribution is 7.93. The van der Waals surface area contributed by atoms with E-state index in [1.165, 1.54) is 0 Å². The summed E-state index contributed by atoms with van der Waals surface area (Å²) in [6.45, 7) is 1.95. The molecule has 2 saturated heterocycles. The Morgan fingerprint density at radius 3 is 2.38 bits per heavy atom. The monoisotopic (exact) mass is 308 g/mol. The molecule has 0 spiro atoms. The zero-order valence-corrected chi connectivity index (χ0v) is 13.2. The zero-order chi connectivity index (χ0) is 15.2. The number of fused-ring (bicyclic) bond motifs is 2. The van der Waals surface area contributed by atoms with Crippen molar-refractivity contribution in [2.24, 2.45) is 5.92 Å². The minimum absolute atomic E-state index is 0.0265. The van der Waals surface area contributed by atoms with Gasteiger partial charge in [0.05, 0.1) is 23.2 Å². The van der Waals surface area contributed by atoms with Gasteiger partial charge < -0.3 is 4.74 Å². The van der Waals surface area contributed by atoms with E-state index in [9.17, 15) is 13.2 Å². The molecule has 1 aromatic rings. The summed E-state index contributed by atoms with van der Waals surface area (Å²) in [5.74, 6) is 0.419. The number of rotatable bonds is 3. The molecule has 0 aliphatic carbocycles. The quantitative estimate of drug-likeness (QED) is 0.805. The van der Waals surface area contributed by atoms with Gasteiger partial charge in [0.1, 0.15) is 5.75 Å². The Labute approximate surface area is 125 Å². The smallest absolute Gasteiger partial charge is 0.169 e. The van der Waals surface area contributed by atoms with Crippen molar-refractivity contribution in [3.8, 4) is 5.75 Å². The van der Waals surface area contributed by atoms with Crippen molar-refractivity contribution in [1.29, 1.82) is 0 Å². The minimum atomic E-state index is -2.98. The zero-order valence-electron chi connectivity index (χ0n) is 12.3. The fraction of sp³-hybridized carbons (Fsp3) is 0.562. The van der Waals surface area contributed by atoms with Gasteiger partial charge in [-0.05, 0) is 50.3 Å². The Bertz CT molecular complexity index is 658. The Balaban J connectivity index is 1.88. The molecule has 4 nitrogen and oxygen atoms in total. The van der Waals surface area contributed by atoms with Gasteiger partial charge in [-0.2, -0.15) is 0 Å². The second-order valence-electron chi connectivity index (χ2n) is 6.15. The van der Waals surface area contributed by atoms with Crippen LogP contribution in [0.3, 0.4) is 0 Å². The number of ether oxygens (including phenoxy) is 1. The highest BCUT2D eigenvalue weighted by Gasteiger charge is 2.48. The Morgan fingerprint density at radius 1 is 1.19 bits per heavy atom. The molecule has 5 heteroatoms. The van der Waals surface area contributed by atoms with E-state index in [1.807, 2.05) is 19.1 Å². The molecule has 21 heavy (non-hydrogen) atoms. The fourth-order valence-electron chi connectivity index (χ4n) is 3.64. The maximum atomic E-state index is 12.7. The molecule has 2 aliphatic rings. The standard InChI is InChI=1S/C16H20O4S/c1-10-3-6-14(15(7-10)20-2)16(17)11-8-12-4-5-13(9-11)21(12,18)19/h3,6-7,11-13H,4-5,8-9H2,1-2H3. The van der Waals surface area contributed by atoms with Gasteiger partial charge >= 0.3 is 0 Å². The predicted octanol–water partition coefficient (Wildman–Crippen LogP) is 2.54. The number of ketones is 1. The number of carbonyl (C=O) groups is 1. The summed E-state index contributed by atoms with van der Waals surface area (Å²) < 4.78 is 29.5. The lowest BCUT2D eigenvalue weighted by molar-refractivity contribution is 0.0902. The lowest BCUT2D eigenvalue weighted by Crippen LogP contribution is -2.36. The number of hydrogen-bond donors (Lipinski definition) is 0. The number of aryl methyl sites for hydroxylation is 1. The van der Waals surface area contributed by atoms with E-state index in [4.69, 9.17) is 4.74 Å². The average Bonchev–Trinajstić information content (AvgIpc) is 2.66. The normalized spacial score (nSPS) is 30.1. The summed E-state index contributed by atoms with van der Waals surface area (Å²) in [7, 11) is -1.43.